The van der Waals surface area contributed by atoms with E-state index in [0.29, 0.717) is 29.2 Å². The molecule has 0 radical (unpaired) electrons. The van der Waals surface area contributed by atoms with Gasteiger partial charge in [-0.1, -0.05) is 42.5 Å². The van der Waals surface area contributed by atoms with E-state index in [1.54, 1.807) is 24.3 Å². The summed E-state index contributed by atoms with van der Waals surface area (Å²) in [6.07, 6.45) is 1.68. The summed E-state index contributed by atoms with van der Waals surface area (Å²) >= 11 is 1.18. The fourth-order valence-electron chi connectivity index (χ4n) is 4.54. The first-order valence-electron chi connectivity index (χ1n) is 12.7. The molecular weight excluding hydrogens is 531 g/mol. The first-order valence-corrected chi connectivity index (χ1v) is 13.5. The number of hydrogen-bond donors (Lipinski definition) is 1. The summed E-state index contributed by atoms with van der Waals surface area (Å²) in [5.41, 5.74) is 4.10. The Morgan fingerprint density at radius 2 is 2.00 bits per heavy atom. The lowest BCUT2D eigenvalue weighted by Crippen LogP contribution is -2.31. The Kier molecular flexibility index (Phi) is 6.99. The van der Waals surface area contributed by atoms with Crippen LogP contribution in [0.3, 0.4) is 0 Å². The van der Waals surface area contributed by atoms with E-state index in [1.165, 1.54) is 17.4 Å². The second-order valence-corrected chi connectivity index (χ2v) is 10.5. The van der Waals surface area contributed by atoms with Gasteiger partial charge in [-0.05, 0) is 30.2 Å². The molecular formula is C30H23FN4O4S. The van der Waals surface area contributed by atoms with Crippen LogP contribution in [0.2, 0.25) is 0 Å². The number of carboxylic acid groups (broad SMARTS) is 1. The Hall–Kier alpha value is -4.59. The molecule has 1 N–H and O–H groups in total. The molecule has 1 fully saturated rings. The second kappa shape index (κ2) is 10.9. The van der Waals surface area contributed by atoms with Crippen LogP contribution in [0.4, 0.5) is 10.1 Å². The summed E-state index contributed by atoms with van der Waals surface area (Å²) in [6, 6.07) is 19.4. The third-order valence-electron chi connectivity index (χ3n) is 6.79. The number of pyridine rings is 1. The van der Waals surface area contributed by atoms with Crippen LogP contribution in [-0.2, 0) is 24.3 Å². The van der Waals surface area contributed by atoms with Gasteiger partial charge in [0.1, 0.15) is 28.0 Å². The van der Waals surface area contributed by atoms with Gasteiger partial charge in [-0.3, -0.25) is 0 Å². The predicted octanol–water partition coefficient (Wildman–Crippen LogP) is 6.51. The minimum atomic E-state index is -0.947. The SMILES string of the molecule is [C-]#[N+]c1ccc(COc2cccc(-c3ccc(Cc4nc5sc(C(=O)O)cc5n4C[C@@H]4CCO4)cc3)n2)c(F)c1. The van der Waals surface area contributed by atoms with Gasteiger partial charge in [-0.2, -0.15) is 0 Å². The van der Waals surface area contributed by atoms with Crippen molar-refractivity contribution in [3.63, 3.8) is 0 Å². The normalized spacial score (nSPS) is 14.6. The Morgan fingerprint density at radius 1 is 1.18 bits per heavy atom. The Bertz CT molecular complexity index is 1750. The van der Waals surface area contributed by atoms with Crippen molar-refractivity contribution in [2.24, 2.45) is 0 Å². The molecule has 6 rings (SSSR count). The summed E-state index contributed by atoms with van der Waals surface area (Å²) in [5.74, 6) is -0.191. The maximum absolute atomic E-state index is 14.2. The molecule has 10 heteroatoms. The van der Waals surface area contributed by atoms with Crippen molar-refractivity contribution in [3.8, 4) is 17.1 Å². The molecule has 2 aromatic carbocycles. The van der Waals surface area contributed by atoms with Gasteiger partial charge in [0.15, 0.2) is 5.69 Å². The summed E-state index contributed by atoms with van der Waals surface area (Å²) in [5, 5.41) is 9.40. The smallest absolute Gasteiger partial charge is 0.346 e. The predicted molar refractivity (Wildman–Crippen MR) is 148 cm³/mol. The zero-order chi connectivity index (χ0) is 27.6. The van der Waals surface area contributed by atoms with E-state index in [4.69, 9.17) is 21.0 Å². The van der Waals surface area contributed by atoms with Crippen LogP contribution in [-0.4, -0.2) is 38.3 Å². The van der Waals surface area contributed by atoms with Gasteiger partial charge < -0.3 is 19.1 Å². The molecule has 1 aliphatic heterocycles. The number of imidazole rings is 1. The number of ether oxygens (including phenoxy) is 2. The quantitative estimate of drug-likeness (QED) is 0.209. The fourth-order valence-corrected chi connectivity index (χ4v) is 5.44. The van der Waals surface area contributed by atoms with Gasteiger partial charge in [0.05, 0.1) is 30.4 Å². The first-order chi connectivity index (χ1) is 19.5. The van der Waals surface area contributed by atoms with Crippen molar-refractivity contribution in [1.29, 1.82) is 0 Å². The van der Waals surface area contributed by atoms with Crippen LogP contribution in [0.25, 0.3) is 26.4 Å². The van der Waals surface area contributed by atoms with Crippen LogP contribution in [0.5, 0.6) is 5.88 Å². The highest BCUT2D eigenvalue weighted by atomic mass is 32.1. The van der Waals surface area contributed by atoms with Crippen LogP contribution >= 0.6 is 11.3 Å². The van der Waals surface area contributed by atoms with E-state index >= 15 is 0 Å². The summed E-state index contributed by atoms with van der Waals surface area (Å²) in [6.45, 7) is 8.39. The largest absolute Gasteiger partial charge is 0.477 e. The zero-order valence-electron chi connectivity index (χ0n) is 21.2. The summed E-state index contributed by atoms with van der Waals surface area (Å²) < 4.78 is 27.6. The van der Waals surface area contributed by atoms with E-state index in [1.807, 2.05) is 36.4 Å². The molecule has 1 aliphatic rings. The number of hydrogen-bond acceptors (Lipinski definition) is 6. The molecule has 5 aromatic rings. The van der Waals surface area contributed by atoms with Gasteiger partial charge in [0.2, 0.25) is 5.88 Å². The van der Waals surface area contributed by atoms with Gasteiger partial charge in [-0.25, -0.2) is 24.0 Å². The molecule has 3 aromatic heterocycles. The van der Waals surface area contributed by atoms with Crippen LogP contribution < -0.4 is 4.74 Å². The summed E-state index contributed by atoms with van der Waals surface area (Å²) in [4.78, 5) is 25.0. The molecule has 8 nitrogen and oxygen atoms in total. The molecule has 200 valence electrons. The molecule has 0 saturated carbocycles. The number of benzene rings is 2. The summed E-state index contributed by atoms with van der Waals surface area (Å²) in [7, 11) is 0. The highest BCUT2D eigenvalue weighted by Crippen LogP contribution is 2.30. The minimum absolute atomic E-state index is 0.00343. The van der Waals surface area contributed by atoms with E-state index < -0.39 is 11.8 Å². The molecule has 0 spiro atoms. The molecule has 0 bridgehead atoms. The van der Waals surface area contributed by atoms with Crippen molar-refractivity contribution in [2.45, 2.75) is 32.1 Å². The average Bonchev–Trinajstić information content (AvgIpc) is 3.49. The van der Waals surface area contributed by atoms with Gasteiger partial charge in [0.25, 0.3) is 0 Å². The van der Waals surface area contributed by atoms with E-state index in [0.717, 1.165) is 41.2 Å². The van der Waals surface area contributed by atoms with Crippen molar-refractivity contribution in [1.82, 2.24) is 14.5 Å². The fraction of sp³-hybridized carbons (Fsp3) is 0.200. The lowest BCUT2D eigenvalue weighted by atomic mass is 10.1. The van der Waals surface area contributed by atoms with Crippen molar-refractivity contribution in [3.05, 3.63) is 106 Å². The van der Waals surface area contributed by atoms with Gasteiger partial charge in [0, 0.05) is 30.2 Å². The third-order valence-corrected chi connectivity index (χ3v) is 7.80. The number of fused-ring (bicyclic) bond motifs is 1. The topological polar surface area (TPSA) is 90.8 Å². The first kappa shape index (κ1) is 25.7. The number of carboxylic acids is 1. The van der Waals surface area contributed by atoms with E-state index in [2.05, 4.69) is 14.4 Å². The molecule has 1 saturated heterocycles. The maximum Gasteiger partial charge on any atom is 0.346 e. The minimum Gasteiger partial charge on any atom is -0.477 e. The van der Waals surface area contributed by atoms with E-state index in [-0.39, 0.29) is 23.3 Å². The molecule has 4 heterocycles. The number of aromatic carboxylic acids is 1. The monoisotopic (exact) mass is 554 g/mol. The van der Waals surface area contributed by atoms with Crippen molar-refractivity contribution in [2.75, 3.05) is 6.61 Å². The number of rotatable bonds is 9. The molecule has 1 atom stereocenters. The molecule has 0 aliphatic carbocycles. The Balaban J connectivity index is 1.18. The average molecular weight is 555 g/mol. The number of thiophene rings is 1. The Morgan fingerprint density at radius 3 is 2.70 bits per heavy atom. The zero-order valence-corrected chi connectivity index (χ0v) is 22.0. The second-order valence-electron chi connectivity index (χ2n) is 9.44. The van der Waals surface area contributed by atoms with Gasteiger partial charge in [-0.15, -0.1) is 11.3 Å². The molecule has 0 unspecified atom stereocenters. The lowest BCUT2D eigenvalue weighted by Gasteiger charge is -2.27. The van der Waals surface area contributed by atoms with Gasteiger partial charge >= 0.3 is 5.97 Å². The van der Waals surface area contributed by atoms with Crippen LogP contribution in [0.1, 0.15) is 33.0 Å². The highest BCUT2D eigenvalue weighted by Gasteiger charge is 2.24. The van der Waals surface area contributed by atoms with Crippen molar-refractivity contribution < 1.29 is 23.8 Å². The third kappa shape index (κ3) is 5.30. The van der Waals surface area contributed by atoms with Crippen LogP contribution in [0, 0.1) is 12.4 Å². The molecule has 0 amide bonds. The standard InChI is InChI=1S/C30H23FN4O4S/c1-32-21-10-9-20(23(31)14-21)17-39-28-4-2-3-24(33-28)19-7-5-18(6-8-19)13-27-34-29-25(15-26(40-29)30(36)37)35(27)16-22-11-12-38-22/h2-10,14-15,22H,11-13,16-17H2,(H,36,37)/t22-/m0/s1. The number of aromatic nitrogens is 3. The van der Waals surface area contributed by atoms with E-state index in [9.17, 15) is 14.3 Å². The number of carbonyl (C=O) groups is 1. The number of nitrogens with zero attached hydrogens (tertiary/aromatic N) is 4. The van der Waals surface area contributed by atoms with Crippen molar-refractivity contribution >= 4 is 33.3 Å². The lowest BCUT2D eigenvalue weighted by molar-refractivity contribution is -0.0589. The molecule has 40 heavy (non-hydrogen) atoms. The van der Waals surface area contributed by atoms with Crippen LogP contribution in [0.15, 0.2) is 66.7 Å². The highest BCUT2D eigenvalue weighted by molar-refractivity contribution is 7.20. The number of halogens is 1. The maximum atomic E-state index is 14.2. The Labute approximate surface area is 233 Å².